The van der Waals surface area contributed by atoms with Crippen molar-refractivity contribution in [3.8, 4) is 5.69 Å². The van der Waals surface area contributed by atoms with Crippen LogP contribution in [0.2, 0.25) is 5.02 Å². The fourth-order valence-electron chi connectivity index (χ4n) is 3.49. The summed E-state index contributed by atoms with van der Waals surface area (Å²) >= 11 is 6.81. The summed E-state index contributed by atoms with van der Waals surface area (Å²) < 4.78 is 16.1. The fourth-order valence-corrected chi connectivity index (χ4v) is 4.44. The van der Waals surface area contributed by atoms with Gasteiger partial charge >= 0.3 is 0 Å². The van der Waals surface area contributed by atoms with Gasteiger partial charge in [0, 0.05) is 16.4 Å². The molecule has 4 nitrogen and oxygen atoms in total. The largest absolute Gasteiger partial charge is 0.315 e. The molecule has 0 atom stereocenters. The van der Waals surface area contributed by atoms with Crippen molar-refractivity contribution in [1.82, 2.24) is 9.47 Å². The first-order valence-electron chi connectivity index (χ1n) is 9.29. The molecule has 4 rings (SSSR count). The first kappa shape index (κ1) is 20.4. The van der Waals surface area contributed by atoms with Crippen LogP contribution in [0.15, 0.2) is 59.5 Å². The highest BCUT2D eigenvalue weighted by atomic mass is 35.5. The Hall–Kier alpha value is -2.83. The maximum absolute atomic E-state index is 14.3. The topological polar surface area (TPSA) is 42.3 Å². The highest BCUT2D eigenvalue weighted by molar-refractivity contribution is 8.18. The smallest absolute Gasteiger partial charge is 0.293 e. The van der Waals surface area contributed by atoms with Gasteiger partial charge in [0.05, 0.1) is 17.1 Å². The first-order valence-corrected chi connectivity index (χ1v) is 10.5. The molecule has 1 saturated heterocycles. The molecule has 0 unspecified atom stereocenters. The number of hydrogen-bond acceptors (Lipinski definition) is 3. The Balaban J connectivity index is 1.63. The summed E-state index contributed by atoms with van der Waals surface area (Å²) in [5.41, 5.74) is 3.67. The van der Waals surface area contributed by atoms with E-state index in [1.54, 1.807) is 53.1 Å². The fraction of sp³-hybridized carbons (Fsp3) is 0.130. The number of aromatic nitrogens is 1. The van der Waals surface area contributed by atoms with E-state index in [-0.39, 0.29) is 23.5 Å². The molecule has 1 fully saturated rings. The zero-order valence-corrected chi connectivity index (χ0v) is 17.9. The lowest BCUT2D eigenvalue weighted by Crippen LogP contribution is -2.27. The van der Waals surface area contributed by atoms with Crippen molar-refractivity contribution in [2.75, 3.05) is 0 Å². The minimum absolute atomic E-state index is 0.188. The summed E-state index contributed by atoms with van der Waals surface area (Å²) in [6, 6.07) is 15.5. The van der Waals surface area contributed by atoms with Crippen molar-refractivity contribution in [2.45, 2.75) is 20.4 Å². The van der Waals surface area contributed by atoms with Gasteiger partial charge in [-0.2, -0.15) is 0 Å². The molecule has 2 heterocycles. The Kier molecular flexibility index (Phi) is 5.54. The second kappa shape index (κ2) is 8.13. The predicted molar refractivity (Wildman–Crippen MR) is 118 cm³/mol. The summed E-state index contributed by atoms with van der Waals surface area (Å²) in [7, 11) is 0. The number of aryl methyl sites for hydroxylation is 1. The molecule has 7 heteroatoms. The molecule has 0 N–H and O–H groups in total. The van der Waals surface area contributed by atoms with Crippen LogP contribution in [0.3, 0.4) is 0 Å². The lowest BCUT2D eigenvalue weighted by atomic mass is 10.2. The Bertz CT molecular complexity index is 1180. The Morgan fingerprint density at radius 2 is 1.77 bits per heavy atom. The second-order valence-corrected chi connectivity index (χ2v) is 8.44. The van der Waals surface area contributed by atoms with Crippen LogP contribution in [0.1, 0.15) is 22.5 Å². The highest BCUT2D eigenvalue weighted by Crippen LogP contribution is 2.35. The number of rotatable bonds is 4. The third kappa shape index (κ3) is 3.80. The number of carbonyl (C=O) groups is 2. The van der Waals surface area contributed by atoms with E-state index in [2.05, 4.69) is 0 Å². The van der Waals surface area contributed by atoms with E-state index in [9.17, 15) is 14.0 Å². The van der Waals surface area contributed by atoms with Gasteiger partial charge in [-0.15, -0.1) is 0 Å². The zero-order chi connectivity index (χ0) is 21.4. The van der Waals surface area contributed by atoms with Gasteiger partial charge in [-0.1, -0.05) is 35.9 Å². The maximum Gasteiger partial charge on any atom is 0.293 e. The molecule has 2 aromatic carbocycles. The van der Waals surface area contributed by atoms with Crippen LogP contribution >= 0.6 is 23.4 Å². The summed E-state index contributed by atoms with van der Waals surface area (Å²) in [6.45, 7) is 3.93. The van der Waals surface area contributed by atoms with Gasteiger partial charge in [0.2, 0.25) is 0 Å². The average Bonchev–Trinajstić information content (AvgIpc) is 3.14. The summed E-state index contributed by atoms with van der Waals surface area (Å²) in [5.74, 6) is -0.662. The number of nitrogens with zero attached hydrogens (tertiary/aromatic N) is 2. The van der Waals surface area contributed by atoms with Crippen LogP contribution in [-0.2, 0) is 11.3 Å². The Labute approximate surface area is 182 Å². The number of carbonyl (C=O) groups excluding carboxylic acids is 2. The van der Waals surface area contributed by atoms with Gasteiger partial charge < -0.3 is 4.57 Å². The quantitative estimate of drug-likeness (QED) is 0.459. The molecule has 2 amide bonds. The maximum atomic E-state index is 14.3. The number of halogens is 2. The van der Waals surface area contributed by atoms with Crippen LogP contribution in [0, 0.1) is 19.7 Å². The molecule has 0 saturated carbocycles. The van der Waals surface area contributed by atoms with Crippen LogP contribution < -0.4 is 0 Å². The number of hydrogen-bond donors (Lipinski definition) is 0. The lowest BCUT2D eigenvalue weighted by Gasteiger charge is -2.12. The van der Waals surface area contributed by atoms with Gasteiger partial charge in [-0.25, -0.2) is 4.39 Å². The summed E-state index contributed by atoms with van der Waals surface area (Å²) in [6.07, 6.45) is 1.70. The minimum Gasteiger partial charge on any atom is -0.315 e. The normalized spacial score (nSPS) is 15.5. The van der Waals surface area contributed by atoms with Gasteiger partial charge in [0.1, 0.15) is 5.82 Å². The molecule has 0 aliphatic carbocycles. The third-order valence-electron chi connectivity index (χ3n) is 4.98. The van der Waals surface area contributed by atoms with Crippen LogP contribution in [0.4, 0.5) is 9.18 Å². The second-order valence-electron chi connectivity index (χ2n) is 7.01. The SMILES string of the molecule is Cc1cc(C=C2SC(=O)N(Cc3ccc(Cl)cc3)C2=O)c(C)n1-c1ccccc1F. The van der Waals surface area contributed by atoms with Crippen molar-refractivity contribution in [3.05, 3.63) is 92.9 Å². The Morgan fingerprint density at radius 3 is 2.47 bits per heavy atom. The zero-order valence-electron chi connectivity index (χ0n) is 16.4. The van der Waals surface area contributed by atoms with E-state index in [0.717, 1.165) is 34.3 Å². The minimum atomic E-state index is -0.337. The molecule has 1 aliphatic rings. The molecule has 0 bridgehead atoms. The molecular weight excluding hydrogens is 423 g/mol. The lowest BCUT2D eigenvalue weighted by molar-refractivity contribution is -0.123. The average molecular weight is 441 g/mol. The molecule has 1 aromatic heterocycles. The number of para-hydroxylation sites is 1. The molecule has 0 spiro atoms. The third-order valence-corrected chi connectivity index (χ3v) is 6.14. The predicted octanol–water partition coefficient (Wildman–Crippen LogP) is 6.12. The van der Waals surface area contributed by atoms with Gasteiger partial charge in [0.15, 0.2) is 0 Å². The van der Waals surface area contributed by atoms with E-state index in [1.807, 2.05) is 19.9 Å². The molecule has 30 heavy (non-hydrogen) atoms. The molecule has 0 radical (unpaired) electrons. The summed E-state index contributed by atoms with van der Waals surface area (Å²) in [5, 5.41) is 0.280. The van der Waals surface area contributed by atoms with Crippen molar-refractivity contribution in [2.24, 2.45) is 0 Å². The van der Waals surface area contributed by atoms with Crippen molar-refractivity contribution in [1.29, 1.82) is 0 Å². The van der Waals surface area contributed by atoms with E-state index < -0.39 is 0 Å². The number of thioether (sulfide) groups is 1. The monoisotopic (exact) mass is 440 g/mol. The number of imide groups is 1. The van der Waals surface area contributed by atoms with E-state index in [1.165, 1.54) is 11.0 Å². The molecular formula is C23H18ClFN2O2S. The number of benzene rings is 2. The highest BCUT2D eigenvalue weighted by Gasteiger charge is 2.35. The van der Waals surface area contributed by atoms with Gasteiger partial charge in [-0.05, 0) is 73.1 Å². The van der Waals surface area contributed by atoms with Gasteiger partial charge in [0.25, 0.3) is 11.1 Å². The number of amides is 2. The van der Waals surface area contributed by atoms with E-state index in [4.69, 9.17) is 11.6 Å². The van der Waals surface area contributed by atoms with E-state index >= 15 is 0 Å². The molecule has 152 valence electrons. The summed E-state index contributed by atoms with van der Waals surface area (Å²) in [4.78, 5) is 26.8. The molecule has 1 aliphatic heterocycles. The molecule has 3 aromatic rings. The van der Waals surface area contributed by atoms with Crippen LogP contribution in [0.25, 0.3) is 11.8 Å². The van der Waals surface area contributed by atoms with Gasteiger partial charge in [-0.3, -0.25) is 14.5 Å². The Morgan fingerprint density at radius 1 is 1.07 bits per heavy atom. The first-order chi connectivity index (χ1) is 14.3. The van der Waals surface area contributed by atoms with Crippen molar-refractivity contribution < 1.29 is 14.0 Å². The van der Waals surface area contributed by atoms with Crippen LogP contribution in [0.5, 0.6) is 0 Å². The van der Waals surface area contributed by atoms with Crippen molar-refractivity contribution in [3.63, 3.8) is 0 Å². The van der Waals surface area contributed by atoms with E-state index in [0.29, 0.717) is 15.6 Å². The standard InChI is InChI=1S/C23H18ClFN2O2S/c1-14-11-17(15(2)27(14)20-6-4-3-5-19(20)25)12-21-22(28)26(23(29)30-21)13-16-7-9-18(24)10-8-16/h3-12H,13H2,1-2H3. The van der Waals surface area contributed by atoms with Crippen LogP contribution in [-0.4, -0.2) is 20.6 Å². The van der Waals surface area contributed by atoms with Crippen molar-refractivity contribution >= 4 is 40.6 Å².